The summed E-state index contributed by atoms with van der Waals surface area (Å²) >= 11 is 4.76. The van der Waals surface area contributed by atoms with Gasteiger partial charge in [-0.15, -0.1) is 0 Å². The molecule has 0 radical (unpaired) electrons. The van der Waals surface area contributed by atoms with E-state index in [9.17, 15) is 0 Å². The van der Waals surface area contributed by atoms with E-state index in [-0.39, 0.29) is 0 Å². The van der Waals surface area contributed by atoms with Crippen LogP contribution in [-0.4, -0.2) is 7.11 Å². The van der Waals surface area contributed by atoms with Crippen molar-refractivity contribution in [3.05, 3.63) is 65.7 Å². The Hall–Kier alpha value is -0.560. The Morgan fingerprint density at radius 2 is 1.44 bits per heavy atom. The largest absolute Gasteiger partial charge is 0.496 e. The van der Waals surface area contributed by atoms with E-state index in [1.807, 2.05) is 24.3 Å². The lowest BCUT2D eigenvalue weighted by Gasteiger charge is -2.10. The molecule has 0 N–H and O–H groups in total. The molecule has 1 nitrogen and oxygen atoms in total. The molecule has 2 aromatic carbocycles. The highest BCUT2D eigenvalue weighted by atomic mass is 127. The second-order valence-corrected chi connectivity index (χ2v) is 5.85. The van der Waals surface area contributed by atoms with Crippen LogP contribution < -0.4 is 4.74 Å². The number of rotatable bonds is 3. The number of hydrogen-bond donors (Lipinski definition) is 0. The zero-order chi connectivity index (χ0) is 13.0. The van der Waals surface area contributed by atoms with Crippen LogP contribution in [0.1, 0.15) is 11.1 Å². The van der Waals surface area contributed by atoms with Crippen molar-refractivity contribution in [3.63, 3.8) is 0 Å². The van der Waals surface area contributed by atoms with Crippen molar-refractivity contribution in [2.75, 3.05) is 7.11 Å². The van der Waals surface area contributed by atoms with E-state index in [0.717, 1.165) is 11.3 Å². The van der Waals surface area contributed by atoms with Crippen LogP contribution in [-0.2, 0) is 0 Å². The van der Waals surface area contributed by atoms with Gasteiger partial charge in [-0.05, 0) is 56.8 Å². The number of halogens is 2. The third-order valence-electron chi connectivity index (χ3n) is 2.56. The lowest BCUT2D eigenvalue weighted by Crippen LogP contribution is -1.89. The summed E-state index contributed by atoms with van der Waals surface area (Å²) in [5.74, 6) is 0.909. The first-order valence-electron chi connectivity index (χ1n) is 5.48. The summed E-state index contributed by atoms with van der Waals surface area (Å²) in [5, 5.41) is 0. The van der Waals surface area contributed by atoms with Crippen molar-refractivity contribution in [2.45, 2.75) is 0 Å². The van der Waals surface area contributed by atoms with Gasteiger partial charge in [0.05, 0.1) is 7.11 Å². The molecule has 0 bridgehead atoms. The predicted octanol–water partition coefficient (Wildman–Crippen LogP) is 5.39. The summed E-state index contributed by atoms with van der Waals surface area (Å²) in [7, 11) is 1.71. The van der Waals surface area contributed by atoms with E-state index in [4.69, 9.17) is 4.74 Å². The Labute approximate surface area is 135 Å². The fourth-order valence-corrected chi connectivity index (χ4v) is 3.06. The first-order chi connectivity index (χ1) is 8.74. The molecule has 0 spiro atoms. The van der Waals surface area contributed by atoms with Crippen LogP contribution in [0, 0.1) is 0 Å². The quantitative estimate of drug-likeness (QED) is 0.439. The summed E-state index contributed by atoms with van der Waals surface area (Å²) in [6, 6.07) is 18.5. The van der Waals surface area contributed by atoms with Gasteiger partial charge in [-0.3, -0.25) is 0 Å². The summed E-state index contributed by atoms with van der Waals surface area (Å²) in [5.41, 5.74) is 2.36. The summed E-state index contributed by atoms with van der Waals surface area (Å²) in [6.07, 6.45) is 0. The van der Waals surface area contributed by atoms with Crippen LogP contribution in [0.2, 0.25) is 0 Å². The second kappa shape index (κ2) is 6.56. The van der Waals surface area contributed by atoms with E-state index in [1.165, 1.54) is 12.7 Å². The molecule has 3 heteroatoms. The molecule has 2 rings (SSSR count). The molecule has 0 atom stereocenters. The molecule has 0 saturated carbocycles. The molecule has 0 aromatic heterocycles. The van der Waals surface area contributed by atoms with Crippen molar-refractivity contribution in [1.29, 1.82) is 0 Å². The second-order valence-electron chi connectivity index (χ2n) is 3.69. The molecule has 0 fully saturated rings. The lowest BCUT2D eigenvalue weighted by atomic mass is 10.1. The standard InChI is InChI=1S/C15H12I2O/c1-18-13-10-6-5-9-12(13)15(17)14(16)11-7-3-2-4-8-11/h2-10H,1H3/b15-14+. The molecule has 2 aromatic rings. The topological polar surface area (TPSA) is 9.23 Å². The molecular weight excluding hydrogens is 450 g/mol. The van der Waals surface area contributed by atoms with Crippen LogP contribution in [0.3, 0.4) is 0 Å². The van der Waals surface area contributed by atoms with Gasteiger partial charge in [-0.25, -0.2) is 0 Å². The summed E-state index contributed by atoms with van der Waals surface area (Å²) in [6.45, 7) is 0. The van der Waals surface area contributed by atoms with E-state index in [0.29, 0.717) is 0 Å². The van der Waals surface area contributed by atoms with E-state index < -0.39 is 0 Å². The summed E-state index contributed by atoms with van der Waals surface area (Å²) < 4.78 is 7.85. The normalized spacial score (nSPS) is 11.9. The predicted molar refractivity (Wildman–Crippen MR) is 94.3 cm³/mol. The molecule has 92 valence electrons. The molecule has 0 aliphatic rings. The maximum absolute atomic E-state index is 5.41. The average molecular weight is 462 g/mol. The third-order valence-corrected chi connectivity index (χ3v) is 5.88. The first kappa shape index (κ1) is 13.9. The first-order valence-corrected chi connectivity index (χ1v) is 7.64. The van der Waals surface area contributed by atoms with Gasteiger partial charge in [0.1, 0.15) is 5.75 Å². The van der Waals surface area contributed by atoms with Crippen molar-refractivity contribution in [1.82, 2.24) is 0 Å². The Morgan fingerprint density at radius 1 is 0.833 bits per heavy atom. The van der Waals surface area contributed by atoms with Crippen LogP contribution in [0.5, 0.6) is 5.75 Å². The molecule has 0 unspecified atom stereocenters. The maximum Gasteiger partial charge on any atom is 0.127 e. The Bertz CT molecular complexity index is 562. The molecule has 0 aliphatic heterocycles. The minimum atomic E-state index is 0.909. The molecule has 0 aliphatic carbocycles. The fourth-order valence-electron chi connectivity index (χ4n) is 1.66. The maximum atomic E-state index is 5.41. The van der Waals surface area contributed by atoms with Crippen LogP contribution in [0.4, 0.5) is 0 Å². The highest BCUT2D eigenvalue weighted by molar-refractivity contribution is 14.1. The number of methoxy groups -OCH3 is 1. The summed E-state index contributed by atoms with van der Waals surface area (Å²) in [4.78, 5) is 0. The van der Waals surface area contributed by atoms with E-state index >= 15 is 0 Å². The van der Waals surface area contributed by atoms with E-state index in [2.05, 4.69) is 75.5 Å². The molecular formula is C15H12I2O. The zero-order valence-corrected chi connectivity index (χ0v) is 14.2. The van der Waals surface area contributed by atoms with Gasteiger partial charge in [0.25, 0.3) is 0 Å². The number of ether oxygens (including phenoxy) is 1. The van der Waals surface area contributed by atoms with Gasteiger partial charge >= 0.3 is 0 Å². The van der Waals surface area contributed by atoms with Gasteiger partial charge in [-0.1, -0.05) is 48.5 Å². The van der Waals surface area contributed by atoms with Crippen molar-refractivity contribution in [2.24, 2.45) is 0 Å². The van der Waals surface area contributed by atoms with Crippen molar-refractivity contribution in [3.8, 4) is 5.75 Å². The van der Waals surface area contributed by atoms with Crippen LogP contribution >= 0.6 is 45.2 Å². The molecule has 0 amide bonds. The minimum absolute atomic E-state index is 0.909. The van der Waals surface area contributed by atoms with Gasteiger partial charge in [-0.2, -0.15) is 0 Å². The third kappa shape index (κ3) is 3.06. The molecule has 18 heavy (non-hydrogen) atoms. The SMILES string of the molecule is COc1ccccc1/C(I)=C(\I)c1ccccc1. The monoisotopic (exact) mass is 462 g/mol. The van der Waals surface area contributed by atoms with Gasteiger partial charge < -0.3 is 4.74 Å². The van der Waals surface area contributed by atoms with Gasteiger partial charge in [0, 0.05) is 12.7 Å². The highest BCUT2D eigenvalue weighted by Crippen LogP contribution is 2.39. The highest BCUT2D eigenvalue weighted by Gasteiger charge is 2.10. The van der Waals surface area contributed by atoms with Crippen LogP contribution in [0.15, 0.2) is 54.6 Å². The van der Waals surface area contributed by atoms with E-state index in [1.54, 1.807) is 7.11 Å². The number of para-hydroxylation sites is 1. The average Bonchev–Trinajstić information content (AvgIpc) is 2.46. The van der Waals surface area contributed by atoms with Crippen LogP contribution in [0.25, 0.3) is 7.16 Å². The van der Waals surface area contributed by atoms with Crippen molar-refractivity contribution < 1.29 is 4.74 Å². The van der Waals surface area contributed by atoms with Gasteiger partial charge in [0.15, 0.2) is 0 Å². The van der Waals surface area contributed by atoms with Gasteiger partial charge in [0.2, 0.25) is 0 Å². The Morgan fingerprint density at radius 3 is 2.11 bits per heavy atom. The Kier molecular flexibility index (Phi) is 5.05. The van der Waals surface area contributed by atoms with Crippen molar-refractivity contribution >= 4 is 52.3 Å². The molecule has 0 heterocycles. The Balaban J connectivity index is 2.50. The lowest BCUT2D eigenvalue weighted by molar-refractivity contribution is 0.414. The zero-order valence-electron chi connectivity index (χ0n) is 9.86. The minimum Gasteiger partial charge on any atom is -0.496 e. The number of hydrogen-bond acceptors (Lipinski definition) is 1. The fraction of sp³-hybridized carbons (Fsp3) is 0.0667. The molecule has 0 saturated heterocycles. The smallest absolute Gasteiger partial charge is 0.127 e. The number of benzene rings is 2.